The van der Waals surface area contributed by atoms with Crippen LogP contribution in [-0.4, -0.2) is 63.0 Å². The number of methoxy groups -OCH3 is 2. The summed E-state index contributed by atoms with van der Waals surface area (Å²) in [5.74, 6) is -8.26. The van der Waals surface area contributed by atoms with Gasteiger partial charge in [-0.3, -0.25) is 24.4 Å². The van der Waals surface area contributed by atoms with Crippen LogP contribution in [0.5, 0.6) is 17.2 Å². The number of carbonyl (C=O) groups is 4. The highest BCUT2D eigenvalue weighted by atomic mass is 35.5. The number of phenolic OH excluding ortho intramolecular Hbond substituents is 1. The van der Waals surface area contributed by atoms with Crippen molar-refractivity contribution >= 4 is 52.5 Å². The first-order chi connectivity index (χ1) is 19.4. The van der Waals surface area contributed by atoms with Gasteiger partial charge in [0.2, 0.25) is 0 Å². The molecule has 2 aliphatic heterocycles. The molecular weight excluding hydrogens is 582 g/mol. The fraction of sp³-hybridized carbons (Fsp3) is 0.357. The van der Waals surface area contributed by atoms with E-state index in [1.54, 1.807) is 6.08 Å². The molecular formula is C28H23Cl2FN2O8. The van der Waals surface area contributed by atoms with Crippen LogP contribution in [0.1, 0.15) is 24.3 Å². The molecule has 2 heterocycles. The molecule has 2 aliphatic carbocycles. The van der Waals surface area contributed by atoms with Crippen LogP contribution < -0.4 is 14.4 Å². The lowest BCUT2D eigenvalue weighted by molar-refractivity contribution is -0.173. The first kappa shape index (κ1) is 27.5. The Morgan fingerprint density at radius 3 is 2.15 bits per heavy atom. The maximum Gasteiger partial charge on any atom is 0.258 e. The number of rotatable bonds is 4. The van der Waals surface area contributed by atoms with Crippen LogP contribution in [-0.2, 0) is 19.2 Å². The molecule has 2 aromatic rings. The van der Waals surface area contributed by atoms with Crippen molar-refractivity contribution in [3.05, 3.63) is 59.4 Å². The van der Waals surface area contributed by atoms with Crippen LogP contribution in [0.25, 0.3) is 0 Å². The molecule has 0 spiro atoms. The molecule has 6 rings (SSSR count). The van der Waals surface area contributed by atoms with E-state index in [0.29, 0.717) is 5.57 Å². The quantitative estimate of drug-likeness (QED) is 0.234. The molecule has 0 aromatic heterocycles. The van der Waals surface area contributed by atoms with E-state index in [0.717, 1.165) is 17.0 Å². The highest BCUT2D eigenvalue weighted by molar-refractivity contribution is 6.58. The highest BCUT2D eigenvalue weighted by Gasteiger charge is 2.77. The van der Waals surface area contributed by atoms with Crippen molar-refractivity contribution in [2.45, 2.75) is 28.5 Å². The van der Waals surface area contributed by atoms with Crippen molar-refractivity contribution in [1.29, 1.82) is 0 Å². The standard InChI is InChI=1S/C28H23Cl2FN2O8/c1-40-18-9-14(34)10-19(41-2)21(18)22-15-7-8-16-20(24(36)33(39)23(16)35)17(15)11-27(29)25(37)32(26(38)28(22,27)30)13-5-3-12(31)4-6-13/h3-7,9-10,16-17,20,22,34,39H,8,11H2,1-2H3/t16-,17+,20-,22+,27+,28-/m0/s1. The number of halogens is 3. The molecule has 214 valence electrons. The molecule has 0 bridgehead atoms. The van der Waals surface area contributed by atoms with Crippen molar-refractivity contribution in [2.24, 2.45) is 17.8 Å². The molecule has 2 N–H and O–H groups in total. The number of anilines is 1. The number of alkyl halides is 2. The predicted molar refractivity (Wildman–Crippen MR) is 141 cm³/mol. The Morgan fingerprint density at radius 2 is 1.56 bits per heavy atom. The summed E-state index contributed by atoms with van der Waals surface area (Å²) >= 11 is 14.5. The number of imide groups is 2. The molecule has 2 aromatic carbocycles. The van der Waals surface area contributed by atoms with E-state index in [-0.39, 0.29) is 46.4 Å². The maximum atomic E-state index is 14.4. The number of nitrogens with zero attached hydrogens (tertiary/aromatic N) is 2. The van der Waals surface area contributed by atoms with E-state index in [9.17, 15) is 33.9 Å². The fourth-order valence-electron chi connectivity index (χ4n) is 6.91. The first-order valence-electron chi connectivity index (χ1n) is 12.6. The third-order valence-electron chi connectivity index (χ3n) is 8.69. The van der Waals surface area contributed by atoms with Crippen molar-refractivity contribution in [3.8, 4) is 17.2 Å². The fourth-order valence-corrected chi connectivity index (χ4v) is 7.83. The molecule has 41 heavy (non-hydrogen) atoms. The second-order valence-electron chi connectivity index (χ2n) is 10.5. The molecule has 10 nitrogen and oxygen atoms in total. The van der Waals surface area contributed by atoms with Crippen molar-refractivity contribution < 1.29 is 43.4 Å². The van der Waals surface area contributed by atoms with Gasteiger partial charge in [0.1, 0.15) is 23.1 Å². The number of hydroxylamine groups is 2. The Labute approximate surface area is 242 Å². The van der Waals surface area contributed by atoms with Gasteiger partial charge in [-0.05, 0) is 43.0 Å². The van der Waals surface area contributed by atoms with Gasteiger partial charge in [0.05, 0.1) is 31.7 Å². The Bertz CT molecular complexity index is 1540. The Balaban J connectivity index is 1.64. The molecule has 4 aliphatic rings. The lowest BCUT2D eigenvalue weighted by Crippen LogP contribution is -2.60. The summed E-state index contributed by atoms with van der Waals surface area (Å²) in [6.07, 6.45) is 1.40. The summed E-state index contributed by atoms with van der Waals surface area (Å²) in [6.45, 7) is 0. The SMILES string of the molecule is COc1cc(O)cc(OC)c1[C@H]1C2=CC[C@@H]3C(=O)N(O)C(=O)[C@@H]3[C@@H]2C[C@@]2(Cl)C(=O)N(c3ccc(F)cc3)C(=O)[C@@]12Cl. The summed E-state index contributed by atoms with van der Waals surface area (Å²) in [5, 5.41) is 20.6. The predicted octanol–water partition coefficient (Wildman–Crippen LogP) is 3.50. The largest absolute Gasteiger partial charge is 0.508 e. The number of amides is 4. The number of allylic oxidation sites excluding steroid dienone is 2. The van der Waals surface area contributed by atoms with Gasteiger partial charge in [-0.2, -0.15) is 5.06 Å². The van der Waals surface area contributed by atoms with Gasteiger partial charge < -0.3 is 14.6 Å². The minimum atomic E-state index is -2.22. The second kappa shape index (κ2) is 9.17. The topological polar surface area (TPSA) is 134 Å². The molecule has 3 fully saturated rings. The molecule has 0 radical (unpaired) electrons. The van der Waals surface area contributed by atoms with Crippen LogP contribution in [0.15, 0.2) is 48.0 Å². The van der Waals surface area contributed by atoms with Crippen LogP contribution in [0.4, 0.5) is 10.1 Å². The normalized spacial score (nSPS) is 32.5. The lowest BCUT2D eigenvalue weighted by Gasteiger charge is -2.51. The number of aromatic hydroxyl groups is 1. The summed E-state index contributed by atoms with van der Waals surface area (Å²) in [7, 11) is 2.65. The van der Waals surface area contributed by atoms with Gasteiger partial charge >= 0.3 is 0 Å². The van der Waals surface area contributed by atoms with Gasteiger partial charge in [0.15, 0.2) is 9.75 Å². The van der Waals surface area contributed by atoms with E-state index in [1.165, 1.54) is 38.5 Å². The smallest absolute Gasteiger partial charge is 0.258 e. The number of carbonyl (C=O) groups excluding carboxylic acids is 4. The molecule has 0 unspecified atom stereocenters. The summed E-state index contributed by atoms with van der Waals surface area (Å²) < 4.78 is 24.9. The van der Waals surface area contributed by atoms with Crippen molar-refractivity contribution in [3.63, 3.8) is 0 Å². The second-order valence-corrected chi connectivity index (χ2v) is 11.7. The van der Waals surface area contributed by atoms with Gasteiger partial charge in [-0.25, -0.2) is 9.29 Å². The molecule has 1 saturated carbocycles. The van der Waals surface area contributed by atoms with Crippen molar-refractivity contribution in [2.75, 3.05) is 19.1 Å². The van der Waals surface area contributed by atoms with Crippen LogP contribution in [0.3, 0.4) is 0 Å². The van der Waals surface area contributed by atoms with E-state index in [4.69, 9.17) is 32.7 Å². The number of phenols is 1. The molecule has 6 atom stereocenters. The molecule has 4 amide bonds. The molecule has 2 saturated heterocycles. The van der Waals surface area contributed by atoms with Gasteiger partial charge in [0.25, 0.3) is 23.6 Å². The van der Waals surface area contributed by atoms with E-state index in [2.05, 4.69) is 0 Å². The average molecular weight is 605 g/mol. The van der Waals surface area contributed by atoms with Gasteiger partial charge in [-0.15, -0.1) is 23.2 Å². The zero-order valence-electron chi connectivity index (χ0n) is 21.6. The third kappa shape index (κ3) is 3.45. The Morgan fingerprint density at radius 1 is 0.951 bits per heavy atom. The van der Waals surface area contributed by atoms with E-state index < -0.39 is 62.9 Å². The minimum Gasteiger partial charge on any atom is -0.508 e. The molecule has 13 heteroatoms. The first-order valence-corrected chi connectivity index (χ1v) is 13.4. The number of fused-ring (bicyclic) bond motifs is 4. The Hall–Kier alpha value is -3.67. The summed E-state index contributed by atoms with van der Waals surface area (Å²) in [6, 6.07) is 7.20. The lowest BCUT2D eigenvalue weighted by atomic mass is 9.56. The highest BCUT2D eigenvalue weighted by Crippen LogP contribution is 2.67. The van der Waals surface area contributed by atoms with Crippen LogP contribution >= 0.6 is 23.2 Å². The Kier molecular flexibility index (Phi) is 6.15. The van der Waals surface area contributed by atoms with Crippen molar-refractivity contribution in [1.82, 2.24) is 5.06 Å². The van der Waals surface area contributed by atoms with Crippen LogP contribution in [0, 0.1) is 23.6 Å². The zero-order valence-corrected chi connectivity index (χ0v) is 23.1. The van der Waals surface area contributed by atoms with E-state index in [1.807, 2.05) is 0 Å². The maximum absolute atomic E-state index is 14.4. The number of hydrogen-bond acceptors (Lipinski definition) is 8. The van der Waals surface area contributed by atoms with E-state index >= 15 is 0 Å². The average Bonchev–Trinajstić information content (AvgIpc) is 3.26. The number of ether oxygens (including phenoxy) is 2. The van der Waals surface area contributed by atoms with Crippen LogP contribution in [0.2, 0.25) is 0 Å². The number of hydrogen-bond donors (Lipinski definition) is 2. The van der Waals surface area contributed by atoms with Gasteiger partial charge in [0, 0.05) is 23.6 Å². The zero-order chi connectivity index (χ0) is 29.6. The summed E-state index contributed by atoms with van der Waals surface area (Å²) in [4.78, 5) is 50.7. The monoisotopic (exact) mass is 604 g/mol. The summed E-state index contributed by atoms with van der Waals surface area (Å²) in [5.41, 5.74) is 0.642. The van der Waals surface area contributed by atoms with Gasteiger partial charge in [-0.1, -0.05) is 11.6 Å². The third-order valence-corrected chi connectivity index (χ3v) is 10.1. The minimum absolute atomic E-state index is 0.0303. The number of benzene rings is 2.